The van der Waals surface area contributed by atoms with E-state index < -0.39 is 5.97 Å². The molecule has 3 rings (SSSR count). The van der Waals surface area contributed by atoms with Crippen LogP contribution in [-0.4, -0.2) is 23.5 Å². The highest BCUT2D eigenvalue weighted by molar-refractivity contribution is 5.92. The molecule has 2 atom stereocenters. The Labute approximate surface area is 147 Å². The van der Waals surface area contributed by atoms with Gasteiger partial charge in [-0.2, -0.15) is 0 Å². The lowest BCUT2D eigenvalue weighted by atomic mass is 9.80. The summed E-state index contributed by atoms with van der Waals surface area (Å²) in [6.07, 6.45) is 0. The van der Waals surface area contributed by atoms with E-state index >= 15 is 0 Å². The molecular formula is C21H23NO3. The first-order valence-electron chi connectivity index (χ1n) is 8.60. The van der Waals surface area contributed by atoms with Gasteiger partial charge in [-0.25, -0.2) is 4.79 Å². The zero-order valence-electron chi connectivity index (χ0n) is 14.7. The molecule has 1 heterocycles. The molecule has 1 aliphatic heterocycles. The summed E-state index contributed by atoms with van der Waals surface area (Å²) in [6, 6.07) is 13.2. The number of hydrogen-bond acceptors (Lipinski definition) is 2. The topological polar surface area (TPSA) is 66.4 Å². The minimum atomic E-state index is -0.977. The molecule has 0 radical (unpaired) electrons. The van der Waals surface area contributed by atoms with Crippen LogP contribution in [0.2, 0.25) is 0 Å². The number of aryl methyl sites for hydroxylation is 1. The molecule has 1 fully saturated rings. The monoisotopic (exact) mass is 337 g/mol. The van der Waals surface area contributed by atoms with Crippen molar-refractivity contribution >= 4 is 11.9 Å². The average molecular weight is 337 g/mol. The minimum Gasteiger partial charge on any atom is -0.478 e. The van der Waals surface area contributed by atoms with E-state index in [0.717, 1.165) is 22.3 Å². The van der Waals surface area contributed by atoms with Crippen molar-refractivity contribution in [1.82, 2.24) is 5.32 Å². The Morgan fingerprint density at radius 3 is 2.40 bits per heavy atom. The van der Waals surface area contributed by atoms with Gasteiger partial charge in [0.05, 0.1) is 11.5 Å². The lowest BCUT2D eigenvalue weighted by molar-refractivity contribution is -0.120. The summed E-state index contributed by atoms with van der Waals surface area (Å²) >= 11 is 0. The normalized spacial score (nSPS) is 19.9. The maximum absolute atomic E-state index is 12.4. The van der Waals surface area contributed by atoms with E-state index in [2.05, 4.69) is 19.2 Å². The summed E-state index contributed by atoms with van der Waals surface area (Å²) in [5.74, 6) is -0.794. The van der Waals surface area contributed by atoms with Crippen molar-refractivity contribution in [1.29, 1.82) is 0 Å². The second-order valence-corrected chi connectivity index (χ2v) is 7.15. The summed E-state index contributed by atoms with van der Waals surface area (Å²) < 4.78 is 0. The number of aromatic carboxylic acids is 1. The van der Waals surface area contributed by atoms with E-state index in [1.165, 1.54) is 0 Å². The minimum absolute atomic E-state index is 0.0175. The van der Waals surface area contributed by atoms with Gasteiger partial charge in [0.1, 0.15) is 0 Å². The van der Waals surface area contributed by atoms with Gasteiger partial charge in [0.15, 0.2) is 0 Å². The van der Waals surface area contributed by atoms with Crippen LogP contribution >= 0.6 is 0 Å². The van der Waals surface area contributed by atoms with Gasteiger partial charge >= 0.3 is 5.97 Å². The van der Waals surface area contributed by atoms with E-state index in [9.17, 15) is 14.7 Å². The first kappa shape index (κ1) is 17.2. The molecule has 130 valence electrons. The number of amides is 1. The van der Waals surface area contributed by atoms with Gasteiger partial charge in [-0.1, -0.05) is 49.7 Å². The molecule has 2 aromatic rings. The number of carbonyl (C=O) groups is 2. The van der Waals surface area contributed by atoms with Gasteiger partial charge in [0.25, 0.3) is 0 Å². The van der Waals surface area contributed by atoms with Crippen molar-refractivity contribution in [2.24, 2.45) is 11.8 Å². The van der Waals surface area contributed by atoms with Crippen molar-refractivity contribution < 1.29 is 14.7 Å². The predicted molar refractivity (Wildman–Crippen MR) is 97.7 cm³/mol. The SMILES string of the molecule is Cc1ccc(-c2cc(C(=O)O)cc([C@H]3C(=O)NCC3C(C)C)c2)cc1. The molecular weight excluding hydrogens is 314 g/mol. The van der Waals surface area contributed by atoms with Gasteiger partial charge in [-0.15, -0.1) is 0 Å². The van der Waals surface area contributed by atoms with Crippen molar-refractivity contribution in [3.05, 3.63) is 59.2 Å². The maximum atomic E-state index is 12.4. The fourth-order valence-corrected chi connectivity index (χ4v) is 3.53. The van der Waals surface area contributed by atoms with Gasteiger partial charge in [-0.3, -0.25) is 4.79 Å². The zero-order valence-corrected chi connectivity index (χ0v) is 14.7. The Morgan fingerprint density at radius 2 is 1.80 bits per heavy atom. The van der Waals surface area contributed by atoms with Crippen LogP contribution in [0.4, 0.5) is 0 Å². The van der Waals surface area contributed by atoms with E-state index in [4.69, 9.17) is 0 Å². The third-order valence-corrected chi connectivity index (χ3v) is 5.03. The standard InChI is InChI=1S/C21H23NO3/c1-12(2)18-11-22-20(23)19(18)16-8-15(9-17(10-16)21(24)25)14-6-4-13(3)5-7-14/h4-10,12,18-19H,11H2,1-3H3,(H,22,23)(H,24,25)/t18?,19-/m1/s1. The molecule has 2 N–H and O–H groups in total. The molecule has 1 unspecified atom stereocenters. The van der Waals surface area contributed by atoms with E-state index in [1.807, 2.05) is 37.3 Å². The number of nitrogens with one attached hydrogen (secondary N) is 1. The molecule has 4 heteroatoms. The quantitative estimate of drug-likeness (QED) is 0.890. The fraction of sp³-hybridized carbons (Fsp3) is 0.333. The van der Waals surface area contributed by atoms with Crippen molar-refractivity contribution in [3.63, 3.8) is 0 Å². The zero-order chi connectivity index (χ0) is 18.1. The van der Waals surface area contributed by atoms with Crippen LogP contribution in [0, 0.1) is 18.8 Å². The summed E-state index contributed by atoms with van der Waals surface area (Å²) in [5, 5.41) is 12.4. The van der Waals surface area contributed by atoms with Gasteiger partial charge in [-0.05, 0) is 47.6 Å². The first-order chi connectivity index (χ1) is 11.9. The lowest BCUT2D eigenvalue weighted by Crippen LogP contribution is -2.20. The summed E-state index contributed by atoms with van der Waals surface area (Å²) in [5.41, 5.74) is 3.93. The van der Waals surface area contributed by atoms with E-state index in [0.29, 0.717) is 12.5 Å². The largest absolute Gasteiger partial charge is 0.478 e. The molecule has 2 aromatic carbocycles. The van der Waals surface area contributed by atoms with Crippen LogP contribution < -0.4 is 5.32 Å². The average Bonchev–Trinajstić information content (AvgIpc) is 2.97. The van der Waals surface area contributed by atoms with Crippen molar-refractivity contribution in [3.8, 4) is 11.1 Å². The van der Waals surface area contributed by atoms with E-state index in [1.54, 1.807) is 12.1 Å². The summed E-state index contributed by atoms with van der Waals surface area (Å²) in [4.78, 5) is 24.0. The molecule has 4 nitrogen and oxygen atoms in total. The summed E-state index contributed by atoms with van der Waals surface area (Å²) in [7, 11) is 0. The molecule has 0 aromatic heterocycles. The smallest absolute Gasteiger partial charge is 0.335 e. The molecule has 1 saturated heterocycles. The molecule has 1 aliphatic rings. The van der Waals surface area contributed by atoms with E-state index in [-0.39, 0.29) is 23.3 Å². The Morgan fingerprint density at radius 1 is 1.12 bits per heavy atom. The third-order valence-electron chi connectivity index (χ3n) is 5.03. The molecule has 0 saturated carbocycles. The second-order valence-electron chi connectivity index (χ2n) is 7.15. The van der Waals surface area contributed by atoms with Crippen LogP contribution in [0.1, 0.15) is 41.3 Å². The van der Waals surface area contributed by atoms with Crippen LogP contribution in [0.3, 0.4) is 0 Å². The molecule has 0 bridgehead atoms. The molecule has 25 heavy (non-hydrogen) atoms. The molecule has 0 spiro atoms. The highest BCUT2D eigenvalue weighted by Crippen LogP contribution is 2.36. The Bertz CT molecular complexity index is 808. The van der Waals surface area contributed by atoms with Gasteiger partial charge in [0, 0.05) is 6.54 Å². The van der Waals surface area contributed by atoms with Crippen LogP contribution in [0.5, 0.6) is 0 Å². The second kappa shape index (κ2) is 6.71. The Balaban J connectivity index is 2.11. The molecule has 1 amide bonds. The fourth-order valence-electron chi connectivity index (χ4n) is 3.53. The number of carboxylic acid groups (broad SMARTS) is 1. The number of carboxylic acids is 1. The highest BCUT2D eigenvalue weighted by Gasteiger charge is 2.38. The number of carbonyl (C=O) groups excluding carboxylic acids is 1. The lowest BCUT2D eigenvalue weighted by Gasteiger charge is -2.21. The highest BCUT2D eigenvalue weighted by atomic mass is 16.4. The Kier molecular flexibility index (Phi) is 4.62. The number of hydrogen-bond donors (Lipinski definition) is 2. The third kappa shape index (κ3) is 3.43. The van der Waals surface area contributed by atoms with Crippen molar-refractivity contribution in [2.45, 2.75) is 26.7 Å². The van der Waals surface area contributed by atoms with Crippen LogP contribution in [0.25, 0.3) is 11.1 Å². The van der Waals surface area contributed by atoms with Crippen LogP contribution in [0.15, 0.2) is 42.5 Å². The van der Waals surface area contributed by atoms with Crippen LogP contribution in [-0.2, 0) is 4.79 Å². The number of rotatable bonds is 4. The first-order valence-corrected chi connectivity index (χ1v) is 8.60. The van der Waals surface area contributed by atoms with Gasteiger partial charge in [0.2, 0.25) is 5.91 Å². The summed E-state index contributed by atoms with van der Waals surface area (Å²) in [6.45, 7) is 6.84. The van der Waals surface area contributed by atoms with Gasteiger partial charge < -0.3 is 10.4 Å². The molecule has 0 aliphatic carbocycles. The predicted octanol–water partition coefficient (Wildman–Crippen LogP) is 3.85. The Hall–Kier alpha value is -2.62. The maximum Gasteiger partial charge on any atom is 0.335 e. The van der Waals surface area contributed by atoms with Crippen molar-refractivity contribution in [2.75, 3.05) is 6.54 Å². The number of benzene rings is 2.